The van der Waals surface area contributed by atoms with Crippen molar-refractivity contribution in [2.45, 2.75) is 341 Å². The van der Waals surface area contributed by atoms with E-state index >= 15 is 0 Å². The second kappa shape index (κ2) is 44.5. The molecule has 0 radical (unpaired) electrons. The Morgan fingerprint density at radius 3 is 0.644 bits per heavy atom. The van der Waals surface area contributed by atoms with Crippen molar-refractivity contribution in [2.75, 3.05) is 13.2 Å². The molecule has 0 aromatic carbocycles. The van der Waals surface area contributed by atoms with Crippen LogP contribution in [0.15, 0.2) is 0 Å². The quantitative estimate of drug-likeness (QED) is 0.0601. The molecular formula is C57H114O2. The molecule has 2 N–H and O–H groups in total. The highest BCUT2D eigenvalue weighted by molar-refractivity contribution is 4.98. The van der Waals surface area contributed by atoms with Gasteiger partial charge in [0.1, 0.15) is 0 Å². The molecule has 1 aliphatic carbocycles. The van der Waals surface area contributed by atoms with Crippen LogP contribution in [0.1, 0.15) is 341 Å². The lowest BCUT2D eigenvalue weighted by atomic mass is 9.51. The van der Waals surface area contributed by atoms with E-state index < -0.39 is 0 Å². The molecule has 1 aliphatic rings. The van der Waals surface area contributed by atoms with E-state index in [9.17, 15) is 10.2 Å². The van der Waals surface area contributed by atoms with Crippen LogP contribution in [0.2, 0.25) is 0 Å². The molecule has 2 nitrogen and oxygen atoms in total. The van der Waals surface area contributed by atoms with E-state index in [0.29, 0.717) is 24.0 Å². The van der Waals surface area contributed by atoms with E-state index in [0.717, 1.165) is 12.8 Å². The van der Waals surface area contributed by atoms with Gasteiger partial charge in [-0.3, -0.25) is 0 Å². The molecule has 1 rings (SSSR count). The van der Waals surface area contributed by atoms with Crippen molar-refractivity contribution in [3.8, 4) is 0 Å². The van der Waals surface area contributed by atoms with Crippen molar-refractivity contribution in [2.24, 2.45) is 10.8 Å². The maximum atomic E-state index is 9.30. The Balaban J connectivity index is 3.11. The summed E-state index contributed by atoms with van der Waals surface area (Å²) in [5.74, 6) is 0. The lowest BCUT2D eigenvalue weighted by molar-refractivity contribution is -0.0304. The summed E-state index contributed by atoms with van der Waals surface area (Å²) in [7, 11) is 0. The topological polar surface area (TPSA) is 40.5 Å². The number of rotatable bonds is 44. The van der Waals surface area contributed by atoms with Crippen molar-refractivity contribution in [3.05, 3.63) is 0 Å². The average Bonchev–Trinajstić information content (AvgIpc) is 3.28. The summed E-state index contributed by atoms with van der Waals surface area (Å²) in [5, 5.41) is 18.6. The smallest absolute Gasteiger partial charge is 0.0431 e. The summed E-state index contributed by atoms with van der Waals surface area (Å²) in [6.07, 6.45) is 72.9. The molecule has 0 unspecified atom stereocenters. The van der Waals surface area contributed by atoms with Gasteiger partial charge in [0.05, 0.1) is 0 Å². The van der Waals surface area contributed by atoms with Crippen LogP contribution in [0.5, 0.6) is 0 Å². The van der Waals surface area contributed by atoms with Crippen molar-refractivity contribution in [3.63, 3.8) is 0 Å². The molecule has 354 valence electrons. The Hall–Kier alpha value is -0.0800. The first-order chi connectivity index (χ1) is 29.2. The van der Waals surface area contributed by atoms with Gasteiger partial charge in [-0.2, -0.15) is 0 Å². The minimum atomic E-state index is 0.367. The van der Waals surface area contributed by atoms with Gasteiger partial charge in [0.25, 0.3) is 0 Å². The first-order valence-corrected chi connectivity index (χ1v) is 28.4. The van der Waals surface area contributed by atoms with Crippen LogP contribution in [0.25, 0.3) is 0 Å². The van der Waals surface area contributed by atoms with Gasteiger partial charge in [0.2, 0.25) is 0 Å². The number of hydrogen-bond acceptors (Lipinski definition) is 2. The van der Waals surface area contributed by atoms with Crippen LogP contribution in [-0.2, 0) is 0 Å². The summed E-state index contributed by atoms with van der Waals surface area (Å²) in [5.41, 5.74) is 1.09. The molecule has 1 fully saturated rings. The summed E-state index contributed by atoms with van der Waals surface area (Å²) < 4.78 is 0. The molecule has 0 aromatic heterocycles. The van der Waals surface area contributed by atoms with Gasteiger partial charge in [0.15, 0.2) is 0 Å². The molecule has 0 amide bonds. The van der Waals surface area contributed by atoms with E-state index in [1.807, 2.05) is 0 Å². The van der Waals surface area contributed by atoms with Crippen LogP contribution in [0, 0.1) is 10.8 Å². The summed E-state index contributed by atoms with van der Waals surface area (Å²) in [6.45, 7) is 5.40. The normalized spacial score (nSPS) is 16.1. The zero-order chi connectivity index (χ0) is 42.5. The maximum absolute atomic E-state index is 9.30. The maximum Gasteiger partial charge on any atom is 0.0431 e. The van der Waals surface area contributed by atoms with Crippen LogP contribution in [0.3, 0.4) is 0 Å². The van der Waals surface area contributed by atoms with Gasteiger partial charge >= 0.3 is 0 Å². The third-order valence-corrected chi connectivity index (χ3v) is 15.6. The van der Waals surface area contributed by atoms with Crippen LogP contribution >= 0.6 is 0 Å². The van der Waals surface area contributed by atoms with Gasteiger partial charge in [-0.15, -0.1) is 0 Å². The third-order valence-electron chi connectivity index (χ3n) is 15.6. The van der Waals surface area contributed by atoms with E-state index in [1.165, 1.54) is 315 Å². The minimum absolute atomic E-state index is 0.367. The van der Waals surface area contributed by atoms with Gasteiger partial charge in [-0.1, -0.05) is 290 Å². The summed E-state index contributed by atoms with van der Waals surface area (Å²) in [6, 6.07) is 0. The third kappa shape index (κ3) is 32.3. The lowest BCUT2D eigenvalue weighted by Gasteiger charge is -2.53. The predicted octanol–water partition coefficient (Wildman–Crippen LogP) is 19.9. The van der Waals surface area contributed by atoms with Gasteiger partial charge in [-0.05, 0) is 62.2 Å². The first kappa shape index (κ1) is 56.9. The van der Waals surface area contributed by atoms with Gasteiger partial charge in [-0.25, -0.2) is 0 Å². The van der Waals surface area contributed by atoms with Crippen molar-refractivity contribution in [1.82, 2.24) is 0 Å². The molecule has 0 aliphatic heterocycles. The fraction of sp³-hybridized carbons (Fsp3) is 1.00. The number of hydrogen-bond donors (Lipinski definition) is 2. The largest absolute Gasteiger partial charge is 0.396 e. The molecule has 0 heterocycles. The fourth-order valence-electron chi connectivity index (χ4n) is 11.7. The molecule has 59 heavy (non-hydrogen) atoms. The first-order valence-electron chi connectivity index (χ1n) is 28.4. The Labute approximate surface area is 374 Å². The highest BCUT2D eigenvalue weighted by Gasteiger charge is 2.48. The predicted molar refractivity (Wildman–Crippen MR) is 266 cm³/mol. The van der Waals surface area contributed by atoms with E-state index in [2.05, 4.69) is 13.8 Å². The zero-order valence-electron chi connectivity index (χ0n) is 41.4. The Bertz CT molecular complexity index is 744. The van der Waals surface area contributed by atoms with E-state index in [1.54, 1.807) is 0 Å². The average molecular weight is 832 g/mol. The Kier molecular flexibility index (Phi) is 43.0. The van der Waals surface area contributed by atoms with Crippen LogP contribution in [-0.4, -0.2) is 23.4 Å². The Morgan fingerprint density at radius 1 is 0.237 bits per heavy atom. The standard InChI is InChI=1S/C57H114O2/c1-3-5-7-9-11-13-15-17-19-24-32-40-48-56(49-41-33-25-20-18-16-14-12-10-8-6-4-2)50-42-34-26-21-27-35-43-51-57(56,52-44-36-28-22-30-38-46-54-58)53-45-37-29-23-31-39-47-55-59/h58-59H,3-55H2,1-2H3. The Morgan fingerprint density at radius 2 is 0.424 bits per heavy atom. The van der Waals surface area contributed by atoms with Crippen molar-refractivity contribution in [1.29, 1.82) is 0 Å². The minimum Gasteiger partial charge on any atom is -0.396 e. The molecule has 2 heteroatoms. The van der Waals surface area contributed by atoms with Gasteiger partial charge in [0, 0.05) is 13.2 Å². The molecule has 0 atom stereocenters. The zero-order valence-corrected chi connectivity index (χ0v) is 41.4. The number of unbranched alkanes of at least 4 members (excludes halogenated alkanes) is 34. The molecule has 0 aromatic rings. The van der Waals surface area contributed by atoms with Gasteiger partial charge < -0.3 is 10.2 Å². The summed E-state index contributed by atoms with van der Waals surface area (Å²) >= 11 is 0. The highest BCUT2D eigenvalue weighted by atomic mass is 16.3. The molecule has 0 saturated heterocycles. The second-order valence-corrected chi connectivity index (χ2v) is 20.7. The SMILES string of the molecule is CCCCCCCCCCCCCCC1(CCCCCCCCCCCCCC)CCCCCCCCCC1(CCCCCCCCCO)CCCCCCCCCO. The second-order valence-electron chi connectivity index (χ2n) is 20.7. The van der Waals surface area contributed by atoms with E-state index in [4.69, 9.17) is 0 Å². The molecular weight excluding hydrogens is 717 g/mol. The van der Waals surface area contributed by atoms with Crippen molar-refractivity contribution < 1.29 is 10.2 Å². The number of aliphatic hydroxyl groups is 2. The fourth-order valence-corrected chi connectivity index (χ4v) is 11.7. The van der Waals surface area contributed by atoms with E-state index in [-0.39, 0.29) is 0 Å². The molecule has 0 bridgehead atoms. The summed E-state index contributed by atoms with van der Waals surface area (Å²) in [4.78, 5) is 0. The lowest BCUT2D eigenvalue weighted by Crippen LogP contribution is -2.43. The van der Waals surface area contributed by atoms with Crippen molar-refractivity contribution >= 4 is 0 Å². The molecule has 1 saturated carbocycles. The van der Waals surface area contributed by atoms with Crippen LogP contribution in [0.4, 0.5) is 0 Å². The number of aliphatic hydroxyl groups excluding tert-OH is 2. The van der Waals surface area contributed by atoms with Crippen LogP contribution < -0.4 is 0 Å². The monoisotopic (exact) mass is 831 g/mol. The molecule has 0 spiro atoms. The highest BCUT2D eigenvalue weighted by Crippen LogP contribution is 2.59.